The quantitative estimate of drug-likeness (QED) is 0.139. The van der Waals surface area contributed by atoms with Crippen molar-refractivity contribution in [3.63, 3.8) is 0 Å². The maximum Gasteiger partial charge on any atom is 0.282 e. The SMILES string of the molecule is C=C(F)C(=O)N1CCN2NC(c3nc(-c4ccc5c(c4)ncn5C)c4scc(F)c4c3-c3c(F)cc(F)cc3OCCOC)=NC2C1. The number of aromatic nitrogens is 3. The fraction of sp³-hybridized carbons (Fsp3) is 0.250. The Morgan fingerprint density at radius 3 is 2.72 bits per heavy atom. The van der Waals surface area contributed by atoms with Gasteiger partial charge in [0.25, 0.3) is 5.91 Å². The van der Waals surface area contributed by atoms with Crippen molar-refractivity contribution in [2.45, 2.75) is 6.17 Å². The fourth-order valence-corrected chi connectivity index (χ4v) is 6.84. The van der Waals surface area contributed by atoms with Gasteiger partial charge in [-0.2, -0.15) is 5.01 Å². The number of pyridine rings is 1. The van der Waals surface area contributed by atoms with Gasteiger partial charge in [0.2, 0.25) is 0 Å². The van der Waals surface area contributed by atoms with Crippen molar-refractivity contribution >= 4 is 44.2 Å². The van der Waals surface area contributed by atoms with Gasteiger partial charge < -0.3 is 18.9 Å². The highest BCUT2D eigenvalue weighted by molar-refractivity contribution is 7.17. The summed E-state index contributed by atoms with van der Waals surface area (Å²) in [5.74, 6) is -4.48. The van der Waals surface area contributed by atoms with Crippen LogP contribution in [0.2, 0.25) is 0 Å². The maximum absolute atomic E-state index is 16.0. The Labute approximate surface area is 269 Å². The van der Waals surface area contributed by atoms with Crippen LogP contribution in [0.5, 0.6) is 5.75 Å². The molecular formula is C32H27F4N7O3S. The Kier molecular flexibility index (Phi) is 7.90. The van der Waals surface area contributed by atoms with Crippen LogP contribution in [-0.2, 0) is 16.6 Å². The Morgan fingerprint density at radius 2 is 1.94 bits per heavy atom. The van der Waals surface area contributed by atoms with Crippen molar-refractivity contribution in [1.82, 2.24) is 29.9 Å². The molecule has 10 nitrogen and oxygen atoms in total. The van der Waals surface area contributed by atoms with Crippen LogP contribution in [0.1, 0.15) is 5.69 Å². The van der Waals surface area contributed by atoms with E-state index in [0.29, 0.717) is 27.5 Å². The lowest BCUT2D eigenvalue weighted by Crippen LogP contribution is -2.55. The van der Waals surface area contributed by atoms with Crippen molar-refractivity contribution in [3.05, 3.63) is 77.6 Å². The highest BCUT2D eigenvalue weighted by atomic mass is 32.1. The number of ether oxygens (including phenoxy) is 2. The molecule has 5 aromatic rings. The van der Waals surface area contributed by atoms with Crippen LogP contribution < -0.4 is 10.2 Å². The Morgan fingerprint density at radius 1 is 1.11 bits per heavy atom. The third-order valence-electron chi connectivity index (χ3n) is 8.11. The summed E-state index contributed by atoms with van der Waals surface area (Å²) >= 11 is 1.09. The second-order valence-corrected chi connectivity index (χ2v) is 11.9. The predicted molar refractivity (Wildman–Crippen MR) is 169 cm³/mol. The Bertz CT molecular complexity index is 2110. The Balaban J connectivity index is 1.47. The molecule has 3 aromatic heterocycles. The lowest BCUT2D eigenvalue weighted by molar-refractivity contribution is -0.131. The van der Waals surface area contributed by atoms with Crippen LogP contribution in [0, 0.1) is 17.5 Å². The number of amidine groups is 1. The van der Waals surface area contributed by atoms with Crippen molar-refractivity contribution in [1.29, 1.82) is 0 Å². The van der Waals surface area contributed by atoms with E-state index >= 15 is 8.78 Å². The van der Waals surface area contributed by atoms with Gasteiger partial charge in [0.15, 0.2) is 11.7 Å². The van der Waals surface area contributed by atoms with E-state index in [-0.39, 0.29) is 66.6 Å². The van der Waals surface area contributed by atoms with Crippen LogP contribution in [0.15, 0.2) is 59.4 Å². The number of piperazine rings is 1. The van der Waals surface area contributed by atoms with Crippen LogP contribution >= 0.6 is 11.3 Å². The van der Waals surface area contributed by atoms with Gasteiger partial charge in [-0.15, -0.1) is 11.3 Å². The lowest BCUT2D eigenvalue weighted by atomic mass is 9.95. The number of amides is 1. The van der Waals surface area contributed by atoms with E-state index in [0.717, 1.165) is 22.9 Å². The van der Waals surface area contributed by atoms with Crippen molar-refractivity contribution in [2.24, 2.45) is 12.0 Å². The molecule has 242 valence electrons. The minimum Gasteiger partial charge on any atom is -0.490 e. The number of carbonyl (C=O) groups is 1. The van der Waals surface area contributed by atoms with E-state index < -0.39 is 35.4 Å². The lowest BCUT2D eigenvalue weighted by Gasteiger charge is -2.35. The number of imidazole rings is 1. The van der Waals surface area contributed by atoms with E-state index in [2.05, 4.69) is 17.0 Å². The molecule has 1 fully saturated rings. The normalized spacial score (nSPS) is 16.4. The third kappa shape index (κ3) is 5.39. The largest absolute Gasteiger partial charge is 0.490 e. The molecule has 0 radical (unpaired) electrons. The molecule has 1 saturated heterocycles. The molecule has 1 N–H and O–H groups in total. The second kappa shape index (κ2) is 12.1. The number of thiophene rings is 1. The number of nitrogens with zero attached hydrogens (tertiary/aromatic N) is 6. The third-order valence-corrected chi connectivity index (χ3v) is 9.07. The molecule has 47 heavy (non-hydrogen) atoms. The van der Waals surface area contributed by atoms with Gasteiger partial charge in [0.05, 0.1) is 46.5 Å². The summed E-state index contributed by atoms with van der Waals surface area (Å²) in [7, 11) is 3.33. The van der Waals surface area contributed by atoms with Crippen molar-refractivity contribution in [3.8, 4) is 28.1 Å². The second-order valence-electron chi connectivity index (χ2n) is 11.1. The molecule has 15 heteroatoms. The summed E-state index contributed by atoms with van der Waals surface area (Å²) in [6.07, 6.45) is 1.02. The number of methoxy groups -OCH3 is 1. The number of halogens is 4. The summed E-state index contributed by atoms with van der Waals surface area (Å²) in [5.41, 5.74) is 5.61. The highest BCUT2D eigenvalue weighted by Crippen LogP contribution is 2.46. The molecule has 7 rings (SSSR count). The van der Waals surface area contributed by atoms with Gasteiger partial charge in [-0.1, -0.05) is 12.6 Å². The summed E-state index contributed by atoms with van der Waals surface area (Å²) < 4.78 is 73.4. The molecule has 1 unspecified atom stereocenters. The zero-order chi connectivity index (χ0) is 33.0. The standard InChI is InChI=1S/C32H27F4N7O3S/c1-16(33)32(44)42-6-7-43-24(13-42)38-31(40-43)29-27(25-19(35)11-18(34)12-23(25)46-9-8-45-3)26-20(36)14-47-30(26)28(39-29)17-4-5-22-21(10-17)37-15-41(22)2/h4-5,10-12,14-15,24H,1,6-9,13H2,2-3H3,(H,38,40). The molecule has 0 bridgehead atoms. The summed E-state index contributed by atoms with van der Waals surface area (Å²) in [5, 5.41) is 3.07. The molecule has 1 amide bonds. The van der Waals surface area contributed by atoms with E-state index in [9.17, 15) is 13.6 Å². The average molecular weight is 666 g/mol. The number of nitrogens with one attached hydrogen (secondary N) is 1. The first kappa shape index (κ1) is 30.8. The number of fused-ring (bicyclic) bond motifs is 3. The topological polar surface area (TPSA) is 97.1 Å². The molecule has 2 aliphatic rings. The van der Waals surface area contributed by atoms with Gasteiger partial charge in [0.1, 0.15) is 41.7 Å². The molecule has 0 saturated carbocycles. The van der Waals surface area contributed by atoms with Crippen LogP contribution in [0.4, 0.5) is 17.6 Å². The van der Waals surface area contributed by atoms with Gasteiger partial charge in [-0.3, -0.25) is 10.2 Å². The molecule has 5 heterocycles. The molecular weight excluding hydrogens is 638 g/mol. The first-order valence-electron chi connectivity index (χ1n) is 14.5. The number of hydrogen-bond acceptors (Lipinski definition) is 9. The first-order valence-corrected chi connectivity index (χ1v) is 15.4. The van der Waals surface area contributed by atoms with Gasteiger partial charge in [-0.25, -0.2) is 32.5 Å². The molecule has 1 atom stereocenters. The first-order chi connectivity index (χ1) is 22.6. The number of hydrogen-bond donors (Lipinski definition) is 1. The number of benzene rings is 2. The van der Waals surface area contributed by atoms with E-state index in [1.165, 1.54) is 17.4 Å². The summed E-state index contributed by atoms with van der Waals surface area (Å²) in [4.78, 5) is 27.8. The zero-order valence-corrected chi connectivity index (χ0v) is 26.0. The molecule has 0 aliphatic carbocycles. The Hall–Kier alpha value is -4.86. The minimum atomic E-state index is -1.08. The van der Waals surface area contributed by atoms with Gasteiger partial charge >= 0.3 is 0 Å². The van der Waals surface area contributed by atoms with Crippen molar-refractivity contribution < 1.29 is 31.8 Å². The summed E-state index contributed by atoms with van der Waals surface area (Å²) in [6.45, 7) is 3.68. The molecule has 0 spiro atoms. The average Bonchev–Trinajstić information content (AvgIpc) is 3.76. The van der Waals surface area contributed by atoms with Crippen LogP contribution in [-0.4, -0.2) is 82.3 Å². The van der Waals surface area contributed by atoms with Crippen molar-refractivity contribution in [2.75, 3.05) is 40.0 Å². The van der Waals surface area contributed by atoms with Crippen LogP contribution in [0.3, 0.4) is 0 Å². The van der Waals surface area contributed by atoms with E-state index in [4.69, 9.17) is 19.5 Å². The number of rotatable bonds is 8. The maximum atomic E-state index is 16.0. The number of aryl methyl sites for hydroxylation is 1. The predicted octanol–water partition coefficient (Wildman–Crippen LogP) is 5.18. The monoisotopic (exact) mass is 665 g/mol. The fourth-order valence-electron chi connectivity index (χ4n) is 5.91. The highest BCUT2D eigenvalue weighted by Gasteiger charge is 2.37. The van der Waals surface area contributed by atoms with Crippen LogP contribution in [0.25, 0.3) is 43.5 Å². The number of aliphatic imine (C=N–C) groups is 1. The minimum absolute atomic E-state index is 0.00231. The molecule has 2 aliphatic heterocycles. The number of carbonyl (C=O) groups excluding carboxylic acids is 1. The van der Waals surface area contributed by atoms with E-state index in [1.807, 2.05) is 29.8 Å². The van der Waals surface area contributed by atoms with Gasteiger partial charge in [-0.05, 0) is 12.1 Å². The smallest absolute Gasteiger partial charge is 0.282 e. The summed E-state index contributed by atoms with van der Waals surface area (Å²) in [6, 6.07) is 7.26. The van der Waals surface area contributed by atoms with Gasteiger partial charge in [0, 0.05) is 61.3 Å². The van der Waals surface area contributed by atoms with E-state index in [1.54, 1.807) is 11.3 Å². The number of hydrazine groups is 1. The zero-order valence-electron chi connectivity index (χ0n) is 25.2. The molecule has 2 aromatic carbocycles.